The molecule has 2 atom stereocenters. The van der Waals surface area contributed by atoms with Gasteiger partial charge in [0, 0.05) is 68.7 Å². The molecule has 3 fully saturated rings. The fourth-order valence-corrected chi connectivity index (χ4v) is 6.55. The SMILES string of the molecule is Cn1c(SCCCN2C[C@H]3N(c4ccccc4)CC[C@@]3(C)C2)nnc1C1CCOCC1. The molecule has 2 aromatic rings. The summed E-state index contributed by atoms with van der Waals surface area (Å²) in [6.07, 6.45) is 4.61. The quantitative estimate of drug-likeness (QED) is 0.481. The number of thioether (sulfide) groups is 1. The smallest absolute Gasteiger partial charge is 0.190 e. The third-order valence-electron chi connectivity index (χ3n) is 7.51. The highest BCUT2D eigenvalue weighted by atomic mass is 32.2. The first kappa shape index (κ1) is 21.3. The summed E-state index contributed by atoms with van der Waals surface area (Å²) >= 11 is 1.85. The molecular weight excluding hydrogens is 406 g/mol. The molecule has 5 rings (SSSR count). The highest BCUT2D eigenvalue weighted by molar-refractivity contribution is 7.99. The van der Waals surface area contributed by atoms with Gasteiger partial charge in [-0.15, -0.1) is 10.2 Å². The van der Waals surface area contributed by atoms with E-state index in [0.29, 0.717) is 17.4 Å². The van der Waals surface area contributed by atoms with Crippen LogP contribution in [0.5, 0.6) is 0 Å². The lowest BCUT2D eigenvalue weighted by atomic mass is 9.85. The minimum atomic E-state index is 0.422. The third-order valence-corrected chi connectivity index (χ3v) is 8.62. The van der Waals surface area contributed by atoms with Crippen molar-refractivity contribution in [1.82, 2.24) is 19.7 Å². The lowest BCUT2D eigenvalue weighted by Gasteiger charge is -2.29. The van der Waals surface area contributed by atoms with E-state index in [1.165, 1.54) is 44.7 Å². The van der Waals surface area contributed by atoms with Gasteiger partial charge in [-0.2, -0.15) is 0 Å². The number of hydrogen-bond acceptors (Lipinski definition) is 6. The van der Waals surface area contributed by atoms with Gasteiger partial charge in [-0.25, -0.2) is 0 Å². The zero-order chi connectivity index (χ0) is 21.3. The molecule has 0 aliphatic carbocycles. The molecule has 3 saturated heterocycles. The van der Waals surface area contributed by atoms with E-state index in [0.717, 1.165) is 42.8 Å². The van der Waals surface area contributed by atoms with Crippen molar-refractivity contribution in [3.05, 3.63) is 36.2 Å². The maximum atomic E-state index is 5.49. The molecule has 0 N–H and O–H groups in total. The Balaban J connectivity index is 1.11. The van der Waals surface area contributed by atoms with Crippen molar-refractivity contribution < 1.29 is 4.74 Å². The number of nitrogens with zero attached hydrogens (tertiary/aromatic N) is 5. The number of fused-ring (bicyclic) bond motifs is 1. The van der Waals surface area contributed by atoms with E-state index in [1.54, 1.807) is 0 Å². The Labute approximate surface area is 190 Å². The predicted octanol–water partition coefficient (Wildman–Crippen LogP) is 3.79. The van der Waals surface area contributed by atoms with Crippen LogP contribution >= 0.6 is 11.8 Å². The standard InChI is InChI=1S/C24H35N5OS/c1-24-11-13-29(20-7-4-3-5-8-20)21(24)17-28(18-24)12-6-16-31-23-26-25-22(27(23)2)19-9-14-30-15-10-19/h3-5,7-8,19,21H,6,9-18H2,1-2H3/t21-,24+/m1/s1. The van der Waals surface area contributed by atoms with Crippen LogP contribution in [0.2, 0.25) is 0 Å². The minimum Gasteiger partial charge on any atom is -0.381 e. The van der Waals surface area contributed by atoms with Crippen LogP contribution in [-0.2, 0) is 11.8 Å². The Kier molecular flexibility index (Phi) is 6.26. The molecule has 0 unspecified atom stereocenters. The second-order valence-corrected chi connectivity index (χ2v) is 10.7. The Morgan fingerprint density at radius 2 is 1.97 bits per heavy atom. The van der Waals surface area contributed by atoms with Gasteiger partial charge < -0.3 is 19.1 Å². The molecule has 0 saturated carbocycles. The van der Waals surface area contributed by atoms with Gasteiger partial charge in [-0.3, -0.25) is 0 Å². The number of likely N-dealkylation sites (tertiary alicyclic amines) is 1. The lowest BCUT2D eigenvalue weighted by molar-refractivity contribution is 0.0828. The van der Waals surface area contributed by atoms with Gasteiger partial charge in [-0.05, 0) is 44.4 Å². The molecule has 0 bridgehead atoms. The molecule has 0 radical (unpaired) electrons. The number of ether oxygens (including phenoxy) is 1. The maximum absolute atomic E-state index is 5.49. The van der Waals surface area contributed by atoms with Crippen molar-refractivity contribution in [3.8, 4) is 0 Å². The monoisotopic (exact) mass is 441 g/mol. The minimum absolute atomic E-state index is 0.422. The van der Waals surface area contributed by atoms with Crippen molar-refractivity contribution in [2.24, 2.45) is 12.5 Å². The van der Waals surface area contributed by atoms with Crippen LogP contribution in [0.1, 0.15) is 44.3 Å². The molecule has 7 heteroatoms. The second kappa shape index (κ2) is 9.12. The summed E-state index contributed by atoms with van der Waals surface area (Å²) in [6.45, 7) is 8.96. The highest BCUT2D eigenvalue weighted by Gasteiger charge is 2.49. The summed E-state index contributed by atoms with van der Waals surface area (Å²) in [6, 6.07) is 11.6. The Morgan fingerprint density at radius 1 is 1.16 bits per heavy atom. The average molecular weight is 442 g/mol. The summed E-state index contributed by atoms with van der Waals surface area (Å²) in [5.41, 5.74) is 1.81. The summed E-state index contributed by atoms with van der Waals surface area (Å²) in [4.78, 5) is 5.33. The summed E-state index contributed by atoms with van der Waals surface area (Å²) < 4.78 is 7.70. The summed E-state index contributed by atoms with van der Waals surface area (Å²) in [5.74, 6) is 2.73. The predicted molar refractivity (Wildman–Crippen MR) is 126 cm³/mol. The first-order chi connectivity index (χ1) is 15.1. The molecule has 1 aromatic carbocycles. The first-order valence-corrected chi connectivity index (χ1v) is 12.8. The Hall–Kier alpha value is -1.57. The third kappa shape index (κ3) is 4.37. The summed E-state index contributed by atoms with van der Waals surface area (Å²) in [7, 11) is 2.12. The van der Waals surface area contributed by atoms with Crippen LogP contribution < -0.4 is 4.90 Å². The van der Waals surface area contributed by atoms with Crippen molar-refractivity contribution in [3.63, 3.8) is 0 Å². The Bertz CT molecular complexity index is 868. The fourth-order valence-electron chi connectivity index (χ4n) is 5.71. The van der Waals surface area contributed by atoms with Gasteiger partial charge in [0.2, 0.25) is 0 Å². The molecule has 0 spiro atoms. The van der Waals surface area contributed by atoms with Crippen molar-refractivity contribution >= 4 is 17.4 Å². The van der Waals surface area contributed by atoms with Crippen LogP contribution in [0.15, 0.2) is 35.5 Å². The van der Waals surface area contributed by atoms with E-state index in [4.69, 9.17) is 4.74 Å². The zero-order valence-electron chi connectivity index (χ0n) is 18.9. The maximum Gasteiger partial charge on any atom is 0.190 e. The van der Waals surface area contributed by atoms with Crippen LogP contribution in [0.3, 0.4) is 0 Å². The van der Waals surface area contributed by atoms with Crippen LogP contribution in [0.25, 0.3) is 0 Å². The van der Waals surface area contributed by atoms with E-state index in [9.17, 15) is 0 Å². The molecule has 1 aromatic heterocycles. The second-order valence-electron chi connectivity index (χ2n) is 9.67. The van der Waals surface area contributed by atoms with E-state index >= 15 is 0 Å². The molecule has 3 aliphatic rings. The van der Waals surface area contributed by atoms with Crippen molar-refractivity contribution in [1.29, 1.82) is 0 Å². The molecule has 4 heterocycles. The number of hydrogen-bond donors (Lipinski definition) is 0. The van der Waals surface area contributed by atoms with Crippen LogP contribution in [0.4, 0.5) is 5.69 Å². The molecule has 3 aliphatic heterocycles. The van der Waals surface area contributed by atoms with E-state index in [-0.39, 0.29) is 0 Å². The van der Waals surface area contributed by atoms with Gasteiger partial charge in [0.25, 0.3) is 0 Å². The number of aromatic nitrogens is 3. The molecule has 31 heavy (non-hydrogen) atoms. The van der Waals surface area contributed by atoms with E-state index in [2.05, 4.69) is 68.9 Å². The zero-order valence-corrected chi connectivity index (χ0v) is 19.7. The van der Waals surface area contributed by atoms with Crippen molar-refractivity contribution in [2.75, 3.05) is 50.0 Å². The molecular formula is C24H35N5OS. The average Bonchev–Trinajstić information content (AvgIpc) is 3.42. The number of anilines is 1. The highest BCUT2D eigenvalue weighted by Crippen LogP contribution is 2.44. The van der Waals surface area contributed by atoms with Gasteiger partial charge >= 0.3 is 0 Å². The van der Waals surface area contributed by atoms with Gasteiger partial charge in [0.1, 0.15) is 5.82 Å². The normalized spacial score (nSPS) is 27.2. The van der Waals surface area contributed by atoms with E-state index in [1.807, 2.05) is 11.8 Å². The summed E-state index contributed by atoms with van der Waals surface area (Å²) in [5, 5.41) is 10.0. The van der Waals surface area contributed by atoms with Crippen molar-refractivity contribution in [2.45, 2.75) is 49.7 Å². The molecule has 168 valence electrons. The van der Waals surface area contributed by atoms with Crippen LogP contribution in [0, 0.1) is 5.41 Å². The largest absolute Gasteiger partial charge is 0.381 e. The van der Waals surface area contributed by atoms with Gasteiger partial charge in [-0.1, -0.05) is 36.9 Å². The number of benzene rings is 1. The molecule has 0 amide bonds. The number of para-hydroxylation sites is 1. The Morgan fingerprint density at radius 3 is 2.77 bits per heavy atom. The topological polar surface area (TPSA) is 46.4 Å². The van der Waals surface area contributed by atoms with Gasteiger partial charge in [0.15, 0.2) is 5.16 Å². The molecule has 6 nitrogen and oxygen atoms in total. The first-order valence-electron chi connectivity index (χ1n) is 11.8. The van der Waals surface area contributed by atoms with Crippen LogP contribution in [-0.4, -0.2) is 70.9 Å². The number of rotatable bonds is 7. The van der Waals surface area contributed by atoms with E-state index < -0.39 is 0 Å². The van der Waals surface area contributed by atoms with Gasteiger partial charge in [0.05, 0.1) is 0 Å². The fraction of sp³-hybridized carbons (Fsp3) is 0.667. The lowest BCUT2D eigenvalue weighted by Crippen LogP contribution is -2.37.